The number of hydrogen-bond acceptors (Lipinski definition) is 5. The van der Waals surface area contributed by atoms with Gasteiger partial charge in [-0.3, -0.25) is 4.79 Å². The van der Waals surface area contributed by atoms with Crippen LogP contribution in [-0.2, 0) is 10.3 Å². The number of pyridine rings is 1. The Balaban J connectivity index is 1.78. The minimum atomic E-state index is -3.07. The van der Waals surface area contributed by atoms with Crippen molar-refractivity contribution in [3.05, 3.63) is 70.3 Å². The largest absolute Gasteiger partial charge is 0.457 e. The SMILES string of the molecule is Cc1cc(NC(=O)c2ccc(Cl)cn2)cc(C2(C(F)F)N=C(N)OC3C=CC32)c1F. The van der Waals surface area contributed by atoms with Gasteiger partial charge in [0.25, 0.3) is 18.4 Å². The van der Waals surface area contributed by atoms with E-state index in [-0.39, 0.29) is 22.5 Å². The number of nitrogens with one attached hydrogen (secondary N) is 1. The summed E-state index contributed by atoms with van der Waals surface area (Å²) in [5.41, 5.74) is 3.21. The number of halogens is 4. The first kappa shape index (κ1) is 20.2. The molecule has 3 atom stereocenters. The van der Waals surface area contributed by atoms with E-state index < -0.39 is 41.7 Å². The first-order valence-electron chi connectivity index (χ1n) is 8.94. The molecule has 4 rings (SSSR count). The third kappa shape index (κ3) is 3.19. The molecule has 0 spiro atoms. The zero-order chi connectivity index (χ0) is 21.6. The number of aryl methyl sites for hydroxylation is 1. The van der Waals surface area contributed by atoms with E-state index in [1.54, 1.807) is 6.08 Å². The Morgan fingerprint density at radius 3 is 2.70 bits per heavy atom. The summed E-state index contributed by atoms with van der Waals surface area (Å²) < 4.78 is 49.1. The van der Waals surface area contributed by atoms with Crippen LogP contribution in [0.5, 0.6) is 0 Å². The lowest BCUT2D eigenvalue weighted by atomic mass is 9.69. The molecular weight excluding hydrogens is 421 g/mol. The Hall–Kier alpha value is -3.07. The molecule has 1 aliphatic carbocycles. The van der Waals surface area contributed by atoms with Crippen LogP contribution in [0.2, 0.25) is 5.02 Å². The fourth-order valence-corrected chi connectivity index (χ4v) is 3.75. The molecule has 2 aliphatic rings. The van der Waals surface area contributed by atoms with E-state index in [0.717, 1.165) is 6.07 Å². The van der Waals surface area contributed by atoms with Crippen molar-refractivity contribution in [1.29, 1.82) is 0 Å². The Morgan fingerprint density at radius 1 is 1.33 bits per heavy atom. The average molecular weight is 437 g/mol. The van der Waals surface area contributed by atoms with Crippen molar-refractivity contribution < 1.29 is 22.7 Å². The van der Waals surface area contributed by atoms with Gasteiger partial charge in [-0.15, -0.1) is 0 Å². The van der Waals surface area contributed by atoms with Gasteiger partial charge in [-0.05, 0) is 42.8 Å². The predicted octanol–water partition coefficient (Wildman–Crippen LogP) is 3.79. The molecule has 1 aliphatic heterocycles. The van der Waals surface area contributed by atoms with Gasteiger partial charge < -0.3 is 15.8 Å². The smallest absolute Gasteiger partial charge is 0.283 e. The fraction of sp³-hybridized carbons (Fsp3) is 0.250. The van der Waals surface area contributed by atoms with Crippen LogP contribution in [0.1, 0.15) is 21.6 Å². The molecule has 1 aromatic heterocycles. The minimum Gasteiger partial charge on any atom is -0.457 e. The van der Waals surface area contributed by atoms with Crippen LogP contribution in [0.25, 0.3) is 0 Å². The number of ether oxygens (including phenoxy) is 1. The van der Waals surface area contributed by atoms with Crippen molar-refractivity contribution in [2.45, 2.75) is 25.0 Å². The van der Waals surface area contributed by atoms with E-state index in [0.29, 0.717) is 5.02 Å². The third-order valence-corrected chi connectivity index (χ3v) is 5.38. The second-order valence-corrected chi connectivity index (χ2v) is 7.48. The molecule has 0 saturated heterocycles. The minimum absolute atomic E-state index is 0.0572. The van der Waals surface area contributed by atoms with Crippen LogP contribution in [-0.4, -0.2) is 29.4 Å². The van der Waals surface area contributed by atoms with Gasteiger partial charge in [0.2, 0.25) is 0 Å². The standard InChI is InChI=1S/C20H16ClF3N4O2/c1-9-6-11(27-17(29)14-4-2-10(21)8-26-14)7-13(16(9)22)20(18(23)24)12-3-5-15(12)30-19(25)28-20/h2-8,12,15,18H,1H3,(H2,25,28)(H,27,29). The number of hydrogen-bond donors (Lipinski definition) is 2. The highest BCUT2D eigenvalue weighted by atomic mass is 35.5. The van der Waals surface area contributed by atoms with Crippen LogP contribution in [0, 0.1) is 18.7 Å². The Kier molecular flexibility index (Phi) is 4.93. The van der Waals surface area contributed by atoms with Crippen LogP contribution >= 0.6 is 11.6 Å². The Labute approximate surface area is 174 Å². The van der Waals surface area contributed by atoms with E-state index in [4.69, 9.17) is 22.1 Å². The quantitative estimate of drug-likeness (QED) is 0.713. The number of carbonyl (C=O) groups excluding carboxylic acids is 1. The van der Waals surface area contributed by atoms with E-state index >= 15 is 4.39 Å². The molecule has 30 heavy (non-hydrogen) atoms. The molecule has 2 heterocycles. The number of amidine groups is 1. The molecule has 1 amide bonds. The molecule has 0 fully saturated rings. The number of amides is 1. The summed E-state index contributed by atoms with van der Waals surface area (Å²) in [6, 6.07) is 4.93. The molecular formula is C20H16ClF3N4O2. The van der Waals surface area contributed by atoms with Gasteiger partial charge >= 0.3 is 0 Å². The number of rotatable bonds is 4. The van der Waals surface area contributed by atoms with E-state index in [9.17, 15) is 13.6 Å². The number of alkyl halides is 2. The Morgan fingerprint density at radius 2 is 2.10 bits per heavy atom. The van der Waals surface area contributed by atoms with Crippen molar-refractivity contribution in [2.75, 3.05) is 5.32 Å². The number of anilines is 1. The van der Waals surface area contributed by atoms with Crippen molar-refractivity contribution >= 4 is 29.2 Å². The van der Waals surface area contributed by atoms with E-state index in [1.807, 2.05) is 0 Å². The summed E-state index contributed by atoms with van der Waals surface area (Å²) >= 11 is 5.76. The summed E-state index contributed by atoms with van der Waals surface area (Å²) in [6.45, 7) is 1.41. The number of nitrogens with two attached hydrogens (primary N) is 1. The van der Waals surface area contributed by atoms with Gasteiger partial charge in [0, 0.05) is 17.4 Å². The molecule has 2 aromatic rings. The lowest BCUT2D eigenvalue weighted by Gasteiger charge is -2.46. The second kappa shape index (κ2) is 7.32. The van der Waals surface area contributed by atoms with Gasteiger partial charge in [-0.2, -0.15) is 0 Å². The molecule has 10 heteroatoms. The van der Waals surface area contributed by atoms with Crippen molar-refractivity contribution in [1.82, 2.24) is 4.98 Å². The second-order valence-electron chi connectivity index (χ2n) is 7.04. The van der Waals surface area contributed by atoms with Gasteiger partial charge in [0.1, 0.15) is 17.6 Å². The number of nitrogens with zero attached hydrogens (tertiary/aromatic N) is 2. The Bertz CT molecular complexity index is 1070. The number of benzene rings is 1. The first-order chi connectivity index (χ1) is 14.2. The van der Waals surface area contributed by atoms with Gasteiger partial charge in [-0.1, -0.05) is 17.7 Å². The number of carbonyl (C=O) groups is 1. The number of aliphatic imine (C=N–C) groups is 1. The molecule has 0 radical (unpaired) electrons. The molecule has 3 unspecified atom stereocenters. The van der Waals surface area contributed by atoms with E-state index in [2.05, 4.69) is 15.3 Å². The third-order valence-electron chi connectivity index (χ3n) is 5.16. The predicted molar refractivity (Wildman–Crippen MR) is 105 cm³/mol. The molecule has 0 bridgehead atoms. The molecule has 3 N–H and O–H groups in total. The van der Waals surface area contributed by atoms with Crippen LogP contribution in [0.4, 0.5) is 18.9 Å². The van der Waals surface area contributed by atoms with Crippen LogP contribution < -0.4 is 11.1 Å². The fourth-order valence-electron chi connectivity index (χ4n) is 3.64. The molecule has 0 saturated carbocycles. The summed E-state index contributed by atoms with van der Waals surface area (Å²) in [5, 5.41) is 2.90. The van der Waals surface area contributed by atoms with Gasteiger partial charge in [0.05, 0.1) is 10.9 Å². The maximum atomic E-state index is 15.1. The zero-order valence-corrected chi connectivity index (χ0v) is 16.3. The lowest BCUT2D eigenvalue weighted by molar-refractivity contribution is -0.0282. The monoisotopic (exact) mass is 436 g/mol. The number of aromatic nitrogens is 1. The highest BCUT2D eigenvalue weighted by Gasteiger charge is 2.57. The summed E-state index contributed by atoms with van der Waals surface area (Å²) in [6.07, 6.45) is 0.547. The highest BCUT2D eigenvalue weighted by Crippen LogP contribution is 2.50. The van der Waals surface area contributed by atoms with Crippen molar-refractivity contribution in [2.24, 2.45) is 16.6 Å². The average Bonchev–Trinajstić information content (AvgIpc) is 2.66. The topological polar surface area (TPSA) is 89.6 Å². The zero-order valence-electron chi connectivity index (χ0n) is 15.6. The maximum absolute atomic E-state index is 15.1. The summed E-state index contributed by atoms with van der Waals surface area (Å²) in [5.74, 6) is -2.36. The maximum Gasteiger partial charge on any atom is 0.283 e. The van der Waals surface area contributed by atoms with Crippen molar-refractivity contribution in [3.63, 3.8) is 0 Å². The molecule has 1 aromatic carbocycles. The first-order valence-corrected chi connectivity index (χ1v) is 9.32. The van der Waals surface area contributed by atoms with Crippen molar-refractivity contribution in [3.8, 4) is 0 Å². The highest BCUT2D eigenvalue weighted by molar-refractivity contribution is 6.30. The molecule has 6 nitrogen and oxygen atoms in total. The van der Waals surface area contributed by atoms with Crippen LogP contribution in [0.3, 0.4) is 0 Å². The van der Waals surface area contributed by atoms with Crippen LogP contribution in [0.15, 0.2) is 47.6 Å². The van der Waals surface area contributed by atoms with E-state index in [1.165, 1.54) is 37.4 Å². The lowest BCUT2D eigenvalue weighted by Crippen LogP contribution is -2.55. The summed E-state index contributed by atoms with van der Waals surface area (Å²) in [7, 11) is 0. The van der Waals surface area contributed by atoms with Gasteiger partial charge in [0.15, 0.2) is 5.54 Å². The number of fused-ring (bicyclic) bond motifs is 1. The summed E-state index contributed by atoms with van der Waals surface area (Å²) in [4.78, 5) is 20.2. The normalized spacial score (nSPS) is 24.5. The van der Waals surface area contributed by atoms with Gasteiger partial charge in [-0.25, -0.2) is 23.1 Å². The molecule has 156 valence electrons.